The van der Waals surface area contributed by atoms with Gasteiger partial charge in [0.2, 0.25) is 15.9 Å². The molecule has 2 fully saturated rings. The predicted octanol–water partition coefficient (Wildman–Crippen LogP) is 5.15. The monoisotopic (exact) mass is 596 g/mol. The lowest BCUT2D eigenvalue weighted by molar-refractivity contribution is -0.135. The number of hydrogen-bond acceptors (Lipinski definition) is 4. The molecule has 3 amide bonds. The first kappa shape index (κ1) is 29.7. The molecule has 3 aromatic carbocycles. The molecular weight excluding hydrogens is 562 g/mol. The molecule has 0 unspecified atom stereocenters. The van der Waals surface area contributed by atoms with Gasteiger partial charge in [-0.25, -0.2) is 22.0 Å². The van der Waals surface area contributed by atoms with Crippen LogP contribution in [0.4, 0.5) is 19.3 Å². The molecule has 1 heterocycles. The minimum Gasteiger partial charge on any atom is -0.334 e. The van der Waals surface area contributed by atoms with E-state index in [0.717, 1.165) is 5.56 Å². The van der Waals surface area contributed by atoms with E-state index in [9.17, 15) is 26.8 Å². The van der Waals surface area contributed by atoms with Gasteiger partial charge in [0.1, 0.15) is 11.6 Å². The van der Waals surface area contributed by atoms with Crippen molar-refractivity contribution in [1.82, 2.24) is 14.1 Å². The van der Waals surface area contributed by atoms with E-state index in [1.807, 2.05) is 6.92 Å². The number of benzene rings is 3. The molecule has 0 radical (unpaired) electrons. The zero-order chi connectivity index (χ0) is 29.9. The summed E-state index contributed by atoms with van der Waals surface area (Å²) in [5.74, 6) is -1.27. The van der Waals surface area contributed by atoms with Gasteiger partial charge in [-0.3, -0.25) is 4.79 Å². The first-order chi connectivity index (χ1) is 20.1. The summed E-state index contributed by atoms with van der Waals surface area (Å²) in [5.41, 5.74) is 1.74. The molecule has 0 atom stereocenters. The zero-order valence-corrected chi connectivity index (χ0v) is 24.2. The summed E-state index contributed by atoms with van der Waals surface area (Å²) in [5, 5.41) is 2.60. The molecular formula is C31H34F2N4O4S. The molecule has 3 aromatic rings. The molecule has 2 aliphatic rings. The van der Waals surface area contributed by atoms with Crippen molar-refractivity contribution in [2.24, 2.45) is 0 Å². The largest absolute Gasteiger partial charge is 0.334 e. The van der Waals surface area contributed by atoms with E-state index < -0.39 is 27.7 Å². The zero-order valence-electron chi connectivity index (χ0n) is 23.4. The Balaban J connectivity index is 1.32. The maximum atomic E-state index is 14.0. The number of carbonyl (C=O) groups is 2. The topological polar surface area (TPSA) is 90.0 Å². The summed E-state index contributed by atoms with van der Waals surface area (Å²) in [6.07, 6.45) is 2.27. The van der Waals surface area contributed by atoms with Crippen LogP contribution in [0.5, 0.6) is 0 Å². The van der Waals surface area contributed by atoms with Crippen molar-refractivity contribution in [2.45, 2.75) is 56.1 Å². The van der Waals surface area contributed by atoms with E-state index in [2.05, 4.69) is 5.32 Å². The van der Waals surface area contributed by atoms with Gasteiger partial charge in [-0.15, -0.1) is 0 Å². The molecule has 222 valence electrons. The lowest BCUT2D eigenvalue weighted by atomic mass is 10.0. The number of hydrogen-bond donors (Lipinski definition) is 1. The Bertz CT molecular complexity index is 1520. The van der Waals surface area contributed by atoms with Crippen LogP contribution >= 0.6 is 0 Å². The molecule has 0 aromatic heterocycles. The fraction of sp³-hybridized carbons (Fsp3) is 0.355. The van der Waals surface area contributed by atoms with Crippen LogP contribution in [0.15, 0.2) is 77.7 Å². The van der Waals surface area contributed by atoms with Crippen molar-refractivity contribution in [2.75, 3.05) is 25.0 Å². The molecule has 0 bridgehead atoms. The molecule has 1 saturated carbocycles. The first-order valence-electron chi connectivity index (χ1n) is 14.0. The Hall–Kier alpha value is -3.83. The van der Waals surface area contributed by atoms with Crippen LogP contribution in [0.25, 0.3) is 0 Å². The third-order valence-corrected chi connectivity index (χ3v) is 9.68. The van der Waals surface area contributed by atoms with Crippen molar-refractivity contribution in [3.8, 4) is 0 Å². The smallest absolute Gasteiger partial charge is 0.321 e. The highest BCUT2D eigenvalue weighted by molar-refractivity contribution is 7.89. The van der Waals surface area contributed by atoms with Crippen molar-refractivity contribution < 1.29 is 26.8 Å². The minimum atomic E-state index is -3.90. The van der Waals surface area contributed by atoms with E-state index in [-0.39, 0.29) is 41.7 Å². The van der Waals surface area contributed by atoms with Gasteiger partial charge in [-0.2, -0.15) is 4.31 Å². The predicted molar refractivity (Wildman–Crippen MR) is 155 cm³/mol. The highest BCUT2D eigenvalue weighted by Crippen LogP contribution is 2.33. The average Bonchev–Trinajstić information content (AvgIpc) is 3.82. The van der Waals surface area contributed by atoms with E-state index in [0.29, 0.717) is 44.3 Å². The summed E-state index contributed by atoms with van der Waals surface area (Å²) in [6, 6.07) is 17.4. The molecule has 1 N–H and O–H groups in total. The maximum absolute atomic E-state index is 14.0. The molecule has 0 spiro atoms. The lowest BCUT2D eigenvalue weighted by Gasteiger charge is -2.39. The van der Waals surface area contributed by atoms with Crippen LogP contribution in [0.2, 0.25) is 0 Å². The molecule has 1 saturated heterocycles. The van der Waals surface area contributed by atoms with Crippen LogP contribution in [0, 0.1) is 18.6 Å². The number of carbonyl (C=O) groups excluding carboxylic acids is 2. The van der Waals surface area contributed by atoms with Crippen molar-refractivity contribution >= 4 is 27.6 Å². The number of aryl methyl sites for hydroxylation is 1. The third kappa shape index (κ3) is 6.96. The molecule has 1 aliphatic heterocycles. The summed E-state index contributed by atoms with van der Waals surface area (Å²) >= 11 is 0. The third-order valence-electron chi connectivity index (χ3n) is 7.77. The number of sulfonamides is 1. The Labute approximate surface area is 245 Å². The number of amides is 3. The fourth-order valence-electron chi connectivity index (χ4n) is 5.19. The van der Waals surface area contributed by atoms with Crippen molar-refractivity contribution in [3.05, 3.63) is 95.6 Å². The number of likely N-dealkylation sites (tertiary alicyclic amines) is 1. The Morgan fingerprint density at radius 3 is 2.14 bits per heavy atom. The van der Waals surface area contributed by atoms with Gasteiger partial charge >= 0.3 is 6.03 Å². The van der Waals surface area contributed by atoms with Crippen LogP contribution < -0.4 is 5.32 Å². The standard InChI is InChI=1S/C31H34F2N4O4S/c1-22-6-14-27(15-7-22)42(40,41)37(26-12-13-26)21-30(38)36(20-23-8-10-24(32)11-9-23)25-16-18-35(19-17-25)31(39)34-29-5-3-2-4-28(29)33/h2-11,14-15,25-26H,12-13,16-21H2,1H3,(H,34,39). The van der Waals surface area contributed by atoms with E-state index in [1.54, 1.807) is 58.3 Å². The van der Waals surface area contributed by atoms with E-state index in [1.165, 1.54) is 28.6 Å². The van der Waals surface area contributed by atoms with Crippen LogP contribution in [-0.2, 0) is 21.4 Å². The van der Waals surface area contributed by atoms with Gasteiger partial charge in [0.05, 0.1) is 17.1 Å². The summed E-state index contributed by atoms with van der Waals surface area (Å²) in [7, 11) is -3.90. The fourth-order valence-corrected chi connectivity index (χ4v) is 6.82. The number of nitrogens with zero attached hydrogens (tertiary/aromatic N) is 3. The van der Waals surface area contributed by atoms with Crippen molar-refractivity contribution in [3.63, 3.8) is 0 Å². The minimum absolute atomic E-state index is 0.0905. The summed E-state index contributed by atoms with van der Waals surface area (Å²) in [6.45, 7) is 2.39. The maximum Gasteiger partial charge on any atom is 0.321 e. The highest BCUT2D eigenvalue weighted by atomic mass is 32.2. The number of halogens is 2. The second-order valence-corrected chi connectivity index (χ2v) is 12.8. The Morgan fingerprint density at radius 1 is 0.881 bits per heavy atom. The number of urea groups is 1. The van der Waals surface area contributed by atoms with Gasteiger partial charge < -0.3 is 15.1 Å². The molecule has 1 aliphatic carbocycles. The normalized spacial score (nSPS) is 16.0. The average molecular weight is 597 g/mol. The first-order valence-corrected chi connectivity index (χ1v) is 15.5. The number of piperidine rings is 1. The van der Waals surface area contributed by atoms with Crippen LogP contribution in [0.1, 0.15) is 36.8 Å². The number of para-hydroxylation sites is 1. The second kappa shape index (κ2) is 12.6. The van der Waals surface area contributed by atoms with Gasteiger partial charge in [-0.05, 0) is 74.6 Å². The molecule has 42 heavy (non-hydrogen) atoms. The SMILES string of the molecule is Cc1ccc(S(=O)(=O)N(CC(=O)N(Cc2ccc(F)cc2)C2CCN(C(=O)Nc3ccccc3F)CC2)C2CC2)cc1. The molecule has 5 rings (SSSR count). The quantitative estimate of drug-likeness (QED) is 0.370. The highest BCUT2D eigenvalue weighted by Gasteiger charge is 2.41. The van der Waals surface area contributed by atoms with Crippen molar-refractivity contribution in [1.29, 1.82) is 0 Å². The number of nitrogens with one attached hydrogen (secondary N) is 1. The lowest BCUT2D eigenvalue weighted by Crippen LogP contribution is -2.52. The second-order valence-electron chi connectivity index (χ2n) is 10.9. The molecule has 11 heteroatoms. The number of anilines is 1. The van der Waals surface area contributed by atoms with Crippen LogP contribution in [-0.4, -0.2) is 66.2 Å². The summed E-state index contributed by atoms with van der Waals surface area (Å²) in [4.78, 5) is 30.1. The van der Waals surface area contributed by atoms with E-state index >= 15 is 0 Å². The Morgan fingerprint density at radius 2 is 1.52 bits per heavy atom. The van der Waals surface area contributed by atoms with Gasteiger partial charge in [0.15, 0.2) is 0 Å². The number of rotatable bonds is 9. The van der Waals surface area contributed by atoms with E-state index in [4.69, 9.17) is 0 Å². The summed E-state index contributed by atoms with van der Waals surface area (Å²) < 4.78 is 56.1. The Kier molecular flexibility index (Phi) is 8.88. The molecule has 8 nitrogen and oxygen atoms in total. The van der Waals surface area contributed by atoms with Gasteiger partial charge in [0.25, 0.3) is 0 Å². The van der Waals surface area contributed by atoms with Crippen LogP contribution in [0.3, 0.4) is 0 Å². The van der Waals surface area contributed by atoms with Gasteiger partial charge in [-0.1, -0.05) is 42.0 Å². The van der Waals surface area contributed by atoms with Gasteiger partial charge in [0, 0.05) is 31.7 Å².